The molecule has 2 rings (SSSR count). The summed E-state index contributed by atoms with van der Waals surface area (Å²) in [5.74, 6) is 0. The number of ether oxygens (including phenoxy) is 1. The monoisotopic (exact) mass is 297 g/mol. The average Bonchev–Trinajstić information content (AvgIpc) is 2.68. The topological polar surface area (TPSA) is 55.4 Å². The highest BCUT2D eigenvalue weighted by Crippen LogP contribution is 2.28. The van der Waals surface area contributed by atoms with Crippen LogP contribution in [0.2, 0.25) is 0 Å². The fourth-order valence-electron chi connectivity index (χ4n) is 2.45. The maximum absolute atomic E-state index is 11.4. The third kappa shape index (κ3) is 4.30. The molecule has 1 heterocycles. The van der Waals surface area contributed by atoms with Crippen molar-refractivity contribution in [3.63, 3.8) is 0 Å². The SMILES string of the molecule is CC1(C)CCC(CNCc2ccc(S(C)(=O)=O)cc2)O1. The molecule has 20 heavy (non-hydrogen) atoms. The molecular formula is C15H23NO3S. The van der Waals surface area contributed by atoms with Crippen LogP contribution in [-0.4, -0.2) is 32.9 Å². The molecule has 4 nitrogen and oxygen atoms in total. The van der Waals surface area contributed by atoms with Crippen LogP contribution < -0.4 is 5.32 Å². The van der Waals surface area contributed by atoms with Crippen LogP contribution >= 0.6 is 0 Å². The number of nitrogens with one attached hydrogen (secondary N) is 1. The van der Waals surface area contributed by atoms with Crippen molar-refractivity contribution in [3.05, 3.63) is 29.8 Å². The van der Waals surface area contributed by atoms with Gasteiger partial charge >= 0.3 is 0 Å². The zero-order chi connectivity index (χ0) is 14.8. The molecule has 1 unspecified atom stereocenters. The Morgan fingerprint density at radius 2 is 1.95 bits per heavy atom. The zero-order valence-electron chi connectivity index (χ0n) is 12.3. The molecular weight excluding hydrogens is 274 g/mol. The van der Waals surface area contributed by atoms with Crippen LogP contribution in [0.1, 0.15) is 32.3 Å². The lowest BCUT2D eigenvalue weighted by atomic mass is 10.1. The molecule has 0 spiro atoms. The molecule has 1 atom stereocenters. The van der Waals surface area contributed by atoms with Gasteiger partial charge in [-0.2, -0.15) is 0 Å². The standard InChI is InChI=1S/C15H23NO3S/c1-15(2)9-8-13(19-15)11-16-10-12-4-6-14(7-5-12)20(3,17)18/h4-7,13,16H,8-11H2,1-3H3. The highest BCUT2D eigenvalue weighted by molar-refractivity contribution is 7.90. The van der Waals surface area contributed by atoms with E-state index in [1.807, 2.05) is 12.1 Å². The zero-order valence-corrected chi connectivity index (χ0v) is 13.2. The Kier molecular flexibility index (Phi) is 4.52. The second kappa shape index (κ2) is 5.84. The summed E-state index contributed by atoms with van der Waals surface area (Å²) in [5.41, 5.74) is 1.08. The van der Waals surface area contributed by atoms with E-state index in [-0.39, 0.29) is 11.7 Å². The van der Waals surface area contributed by atoms with Crippen molar-refractivity contribution in [1.82, 2.24) is 5.32 Å². The van der Waals surface area contributed by atoms with Crippen LogP contribution in [0, 0.1) is 0 Å². The Labute approximate surface area is 121 Å². The Morgan fingerprint density at radius 3 is 2.45 bits per heavy atom. The summed E-state index contributed by atoms with van der Waals surface area (Å²) in [6, 6.07) is 7.01. The van der Waals surface area contributed by atoms with Gasteiger partial charge in [-0.15, -0.1) is 0 Å². The van der Waals surface area contributed by atoms with Crippen LogP contribution in [0.3, 0.4) is 0 Å². The minimum absolute atomic E-state index is 0.00345. The summed E-state index contributed by atoms with van der Waals surface area (Å²) in [6.45, 7) is 5.80. The van der Waals surface area contributed by atoms with E-state index in [2.05, 4.69) is 19.2 Å². The maximum atomic E-state index is 11.4. The van der Waals surface area contributed by atoms with Gasteiger partial charge in [-0.1, -0.05) is 12.1 Å². The first-order valence-electron chi connectivity index (χ1n) is 6.94. The van der Waals surface area contributed by atoms with Gasteiger partial charge in [-0.3, -0.25) is 0 Å². The largest absolute Gasteiger partial charge is 0.371 e. The third-order valence-electron chi connectivity index (χ3n) is 3.61. The van der Waals surface area contributed by atoms with Gasteiger partial charge in [0, 0.05) is 19.3 Å². The second-order valence-corrected chi connectivity index (χ2v) is 8.10. The molecule has 0 radical (unpaired) electrons. The van der Waals surface area contributed by atoms with Gasteiger partial charge in [0.25, 0.3) is 0 Å². The Balaban J connectivity index is 1.80. The van der Waals surface area contributed by atoms with Gasteiger partial charge in [-0.25, -0.2) is 8.42 Å². The molecule has 0 amide bonds. The first-order valence-corrected chi connectivity index (χ1v) is 8.83. The van der Waals surface area contributed by atoms with Gasteiger partial charge < -0.3 is 10.1 Å². The first kappa shape index (κ1) is 15.5. The van der Waals surface area contributed by atoms with Gasteiger partial charge in [0.15, 0.2) is 9.84 Å². The lowest BCUT2D eigenvalue weighted by Crippen LogP contribution is -2.29. The van der Waals surface area contributed by atoms with E-state index in [1.165, 1.54) is 6.26 Å². The summed E-state index contributed by atoms with van der Waals surface area (Å²) >= 11 is 0. The average molecular weight is 297 g/mol. The molecule has 0 bridgehead atoms. The van der Waals surface area contributed by atoms with E-state index in [1.54, 1.807) is 12.1 Å². The molecule has 112 valence electrons. The Morgan fingerprint density at radius 1 is 1.30 bits per heavy atom. The van der Waals surface area contributed by atoms with E-state index in [0.29, 0.717) is 4.90 Å². The van der Waals surface area contributed by atoms with E-state index < -0.39 is 9.84 Å². The van der Waals surface area contributed by atoms with Crippen LogP contribution in [0.5, 0.6) is 0 Å². The molecule has 1 saturated heterocycles. The molecule has 5 heteroatoms. The fourth-order valence-corrected chi connectivity index (χ4v) is 3.08. The van der Waals surface area contributed by atoms with E-state index in [0.717, 1.165) is 31.5 Å². The minimum atomic E-state index is -3.11. The van der Waals surface area contributed by atoms with Crippen molar-refractivity contribution in [2.24, 2.45) is 0 Å². The molecule has 1 aliphatic rings. The quantitative estimate of drug-likeness (QED) is 0.904. The van der Waals surface area contributed by atoms with Gasteiger partial charge in [0.05, 0.1) is 16.6 Å². The second-order valence-electron chi connectivity index (χ2n) is 6.09. The summed E-state index contributed by atoms with van der Waals surface area (Å²) in [6.07, 6.45) is 3.69. The van der Waals surface area contributed by atoms with Crippen molar-refractivity contribution >= 4 is 9.84 Å². The summed E-state index contributed by atoms with van der Waals surface area (Å²) in [7, 11) is -3.11. The molecule has 1 aromatic carbocycles. The van der Waals surface area contributed by atoms with Crippen LogP contribution in [0.25, 0.3) is 0 Å². The molecule has 0 saturated carbocycles. The fraction of sp³-hybridized carbons (Fsp3) is 0.600. The van der Waals surface area contributed by atoms with Gasteiger partial charge in [0.1, 0.15) is 0 Å². The normalized spacial score (nSPS) is 22.1. The smallest absolute Gasteiger partial charge is 0.175 e. The Bertz CT molecular complexity index is 549. The number of sulfone groups is 1. The minimum Gasteiger partial charge on any atom is -0.371 e. The number of hydrogen-bond donors (Lipinski definition) is 1. The predicted molar refractivity (Wildman–Crippen MR) is 79.4 cm³/mol. The lowest BCUT2D eigenvalue weighted by molar-refractivity contribution is -0.0142. The summed E-state index contributed by atoms with van der Waals surface area (Å²) in [5, 5.41) is 3.37. The van der Waals surface area contributed by atoms with Gasteiger partial charge in [-0.05, 0) is 44.4 Å². The van der Waals surface area contributed by atoms with Gasteiger partial charge in [0.2, 0.25) is 0 Å². The van der Waals surface area contributed by atoms with E-state index >= 15 is 0 Å². The van der Waals surface area contributed by atoms with Crippen molar-refractivity contribution in [2.75, 3.05) is 12.8 Å². The van der Waals surface area contributed by atoms with Crippen LogP contribution in [0.15, 0.2) is 29.2 Å². The first-order chi connectivity index (χ1) is 9.26. The summed E-state index contributed by atoms with van der Waals surface area (Å²) in [4.78, 5) is 0.363. The predicted octanol–water partition coefficient (Wildman–Crippen LogP) is 2.14. The number of hydrogen-bond acceptors (Lipinski definition) is 4. The Hall–Kier alpha value is -0.910. The number of rotatable bonds is 5. The summed E-state index contributed by atoms with van der Waals surface area (Å²) < 4.78 is 28.6. The van der Waals surface area contributed by atoms with Crippen molar-refractivity contribution in [3.8, 4) is 0 Å². The molecule has 0 aromatic heterocycles. The lowest BCUT2D eigenvalue weighted by Gasteiger charge is -2.19. The van der Waals surface area contributed by atoms with Crippen molar-refractivity contribution in [2.45, 2.75) is 49.8 Å². The maximum Gasteiger partial charge on any atom is 0.175 e. The highest BCUT2D eigenvalue weighted by Gasteiger charge is 2.30. The molecule has 1 aliphatic heterocycles. The van der Waals surface area contributed by atoms with Crippen molar-refractivity contribution < 1.29 is 13.2 Å². The van der Waals surface area contributed by atoms with Crippen LogP contribution in [-0.2, 0) is 21.1 Å². The van der Waals surface area contributed by atoms with E-state index in [4.69, 9.17) is 4.74 Å². The number of benzene rings is 1. The third-order valence-corrected chi connectivity index (χ3v) is 4.74. The molecule has 1 fully saturated rings. The highest BCUT2D eigenvalue weighted by atomic mass is 32.2. The van der Waals surface area contributed by atoms with Crippen LogP contribution in [0.4, 0.5) is 0 Å². The molecule has 1 aromatic rings. The molecule has 1 N–H and O–H groups in total. The van der Waals surface area contributed by atoms with Crippen molar-refractivity contribution in [1.29, 1.82) is 0 Å². The van der Waals surface area contributed by atoms with E-state index in [9.17, 15) is 8.42 Å². The molecule has 0 aliphatic carbocycles.